The topological polar surface area (TPSA) is 52.6 Å². The average molecular weight is 336 g/mol. The molecule has 3 aliphatic rings. The molecule has 0 unspecified atom stereocenters. The standard InChI is InChI=1S/C11H13IO4/c1-4(13)15-3-7-5-2-6-8(7)11(14)16-10(6)9(5)12/h5-10H,2-3H2,1H3/t5-,6-,7-,8-,9+,10+/m1/s1. The molecule has 0 spiro atoms. The van der Waals surface area contributed by atoms with Gasteiger partial charge in [0.1, 0.15) is 6.10 Å². The van der Waals surface area contributed by atoms with Gasteiger partial charge < -0.3 is 9.47 Å². The van der Waals surface area contributed by atoms with E-state index >= 15 is 0 Å². The van der Waals surface area contributed by atoms with Gasteiger partial charge in [-0.1, -0.05) is 22.6 Å². The van der Waals surface area contributed by atoms with Crippen molar-refractivity contribution in [3.8, 4) is 0 Å². The molecular formula is C11H13IO4. The summed E-state index contributed by atoms with van der Waals surface area (Å²) < 4.78 is 10.9. The molecule has 1 aliphatic heterocycles. The van der Waals surface area contributed by atoms with E-state index < -0.39 is 0 Å². The van der Waals surface area contributed by atoms with Crippen molar-refractivity contribution in [2.24, 2.45) is 23.7 Å². The Labute approximate surface area is 107 Å². The minimum atomic E-state index is -0.268. The summed E-state index contributed by atoms with van der Waals surface area (Å²) in [5.41, 5.74) is 0. The van der Waals surface area contributed by atoms with E-state index in [4.69, 9.17) is 9.47 Å². The van der Waals surface area contributed by atoms with Crippen LogP contribution in [-0.2, 0) is 19.1 Å². The lowest BCUT2D eigenvalue weighted by atomic mass is 9.80. The summed E-state index contributed by atoms with van der Waals surface area (Å²) in [6.07, 6.45) is 1.18. The van der Waals surface area contributed by atoms with E-state index in [1.165, 1.54) is 6.92 Å². The fourth-order valence-electron chi connectivity index (χ4n) is 3.56. The Bertz CT molecular complexity index is 356. The molecule has 16 heavy (non-hydrogen) atoms. The maximum absolute atomic E-state index is 11.7. The van der Waals surface area contributed by atoms with Crippen molar-refractivity contribution in [3.05, 3.63) is 0 Å². The van der Waals surface area contributed by atoms with Gasteiger partial charge in [-0.2, -0.15) is 0 Å². The van der Waals surface area contributed by atoms with Gasteiger partial charge in [-0.15, -0.1) is 0 Å². The quantitative estimate of drug-likeness (QED) is 0.431. The fourth-order valence-corrected chi connectivity index (χ4v) is 5.07. The number of alkyl halides is 1. The monoisotopic (exact) mass is 336 g/mol. The van der Waals surface area contributed by atoms with Crippen LogP contribution in [0.2, 0.25) is 0 Å². The smallest absolute Gasteiger partial charge is 0.310 e. The lowest BCUT2D eigenvalue weighted by Gasteiger charge is -2.27. The number of rotatable bonds is 2. The maximum Gasteiger partial charge on any atom is 0.310 e. The second kappa shape index (κ2) is 3.58. The van der Waals surface area contributed by atoms with Crippen LogP contribution in [0.25, 0.3) is 0 Å². The van der Waals surface area contributed by atoms with Crippen LogP contribution in [0.4, 0.5) is 0 Å². The predicted octanol–water partition coefficient (Wildman–Crippen LogP) is 1.16. The first-order valence-corrected chi connectivity index (χ1v) is 6.82. The molecule has 4 nitrogen and oxygen atoms in total. The molecule has 0 aromatic rings. The minimum absolute atomic E-state index is 0.0136. The number of ether oxygens (including phenoxy) is 2. The number of fused-ring (bicyclic) bond motifs is 1. The summed E-state index contributed by atoms with van der Waals surface area (Å²) in [7, 11) is 0. The molecule has 1 heterocycles. The predicted molar refractivity (Wildman–Crippen MR) is 62.9 cm³/mol. The van der Waals surface area contributed by atoms with Gasteiger partial charge in [0, 0.05) is 18.8 Å². The van der Waals surface area contributed by atoms with Crippen molar-refractivity contribution in [3.63, 3.8) is 0 Å². The second-order valence-corrected chi connectivity index (χ2v) is 6.34. The molecule has 5 heteroatoms. The zero-order valence-electron chi connectivity index (χ0n) is 8.89. The molecule has 2 aliphatic carbocycles. The number of hydrogen-bond donors (Lipinski definition) is 0. The van der Waals surface area contributed by atoms with Gasteiger partial charge in [-0.05, 0) is 12.3 Å². The molecule has 0 aromatic heterocycles. The van der Waals surface area contributed by atoms with Crippen LogP contribution in [0.15, 0.2) is 0 Å². The van der Waals surface area contributed by atoms with Crippen LogP contribution >= 0.6 is 22.6 Å². The van der Waals surface area contributed by atoms with Crippen molar-refractivity contribution < 1.29 is 19.1 Å². The molecule has 0 aromatic carbocycles. The van der Waals surface area contributed by atoms with Crippen LogP contribution in [0.3, 0.4) is 0 Å². The van der Waals surface area contributed by atoms with Gasteiger partial charge in [0.2, 0.25) is 0 Å². The third kappa shape index (κ3) is 1.33. The van der Waals surface area contributed by atoms with Crippen LogP contribution in [0.1, 0.15) is 13.3 Å². The summed E-state index contributed by atoms with van der Waals surface area (Å²) in [4.78, 5) is 22.6. The van der Waals surface area contributed by atoms with Crippen molar-refractivity contribution in [1.29, 1.82) is 0 Å². The van der Waals surface area contributed by atoms with E-state index in [1.807, 2.05) is 0 Å². The molecule has 1 saturated heterocycles. The third-order valence-electron chi connectivity index (χ3n) is 4.17. The van der Waals surface area contributed by atoms with E-state index in [0.717, 1.165) is 6.42 Å². The Kier molecular flexibility index (Phi) is 2.42. The second-order valence-electron chi connectivity index (χ2n) is 4.90. The Morgan fingerprint density at radius 1 is 1.56 bits per heavy atom. The van der Waals surface area contributed by atoms with Crippen LogP contribution in [-0.4, -0.2) is 28.6 Å². The van der Waals surface area contributed by atoms with E-state index in [-0.39, 0.29) is 29.9 Å². The summed E-state index contributed by atoms with van der Waals surface area (Å²) in [5.74, 6) is 0.679. The summed E-state index contributed by atoms with van der Waals surface area (Å²) in [6, 6.07) is 0. The Hall–Kier alpha value is -0.330. The zero-order chi connectivity index (χ0) is 11.4. The number of carbonyl (C=O) groups excluding carboxylic acids is 2. The molecule has 88 valence electrons. The van der Waals surface area contributed by atoms with E-state index in [0.29, 0.717) is 22.4 Å². The van der Waals surface area contributed by atoms with Gasteiger partial charge in [-0.3, -0.25) is 9.59 Å². The first-order valence-electron chi connectivity index (χ1n) is 5.57. The Morgan fingerprint density at radius 3 is 3.00 bits per heavy atom. The molecule has 6 atom stereocenters. The first-order chi connectivity index (χ1) is 7.59. The number of hydrogen-bond acceptors (Lipinski definition) is 4. The van der Waals surface area contributed by atoms with Gasteiger partial charge in [0.05, 0.1) is 16.4 Å². The Morgan fingerprint density at radius 2 is 2.31 bits per heavy atom. The molecule has 0 N–H and O–H groups in total. The molecule has 3 fully saturated rings. The summed E-state index contributed by atoms with van der Waals surface area (Å²) in [5, 5.41) is 0. The molecular weight excluding hydrogens is 323 g/mol. The number of esters is 2. The SMILES string of the molecule is CC(=O)OC[C@@H]1[C@H]2C[C@H]3[C@H](OC(=O)[C@@H]13)[C@H]2I. The normalized spacial score (nSPS) is 48.2. The highest BCUT2D eigenvalue weighted by atomic mass is 127. The minimum Gasteiger partial charge on any atom is -0.466 e. The van der Waals surface area contributed by atoms with E-state index in [1.54, 1.807) is 0 Å². The molecule has 0 radical (unpaired) electrons. The lowest BCUT2D eigenvalue weighted by molar-refractivity contribution is -0.148. The highest BCUT2D eigenvalue weighted by Crippen LogP contribution is 2.59. The van der Waals surface area contributed by atoms with Crippen LogP contribution < -0.4 is 0 Å². The summed E-state index contributed by atoms with van der Waals surface area (Å²) >= 11 is 2.38. The fraction of sp³-hybridized carbons (Fsp3) is 0.818. The summed E-state index contributed by atoms with van der Waals surface area (Å²) in [6.45, 7) is 1.78. The average Bonchev–Trinajstić information content (AvgIpc) is 2.79. The lowest BCUT2D eigenvalue weighted by Crippen LogP contribution is -2.36. The van der Waals surface area contributed by atoms with E-state index in [9.17, 15) is 9.59 Å². The largest absolute Gasteiger partial charge is 0.466 e. The molecule has 2 saturated carbocycles. The number of halogens is 1. The van der Waals surface area contributed by atoms with Gasteiger partial charge in [0.25, 0.3) is 0 Å². The molecule has 0 amide bonds. The maximum atomic E-state index is 11.7. The van der Waals surface area contributed by atoms with Crippen LogP contribution in [0, 0.1) is 23.7 Å². The Balaban J connectivity index is 1.80. The van der Waals surface area contributed by atoms with E-state index in [2.05, 4.69) is 22.6 Å². The van der Waals surface area contributed by atoms with Gasteiger partial charge >= 0.3 is 11.9 Å². The first kappa shape index (κ1) is 10.8. The van der Waals surface area contributed by atoms with Gasteiger partial charge in [-0.25, -0.2) is 0 Å². The molecule has 3 rings (SSSR count). The zero-order valence-corrected chi connectivity index (χ0v) is 11.0. The highest BCUT2D eigenvalue weighted by Gasteiger charge is 2.65. The van der Waals surface area contributed by atoms with Gasteiger partial charge in [0.15, 0.2) is 0 Å². The molecule has 2 bridgehead atoms. The van der Waals surface area contributed by atoms with Crippen molar-refractivity contribution in [2.45, 2.75) is 23.4 Å². The van der Waals surface area contributed by atoms with Crippen molar-refractivity contribution >= 4 is 34.5 Å². The number of carbonyl (C=O) groups is 2. The van der Waals surface area contributed by atoms with Crippen molar-refractivity contribution in [2.75, 3.05) is 6.61 Å². The van der Waals surface area contributed by atoms with Crippen LogP contribution in [0.5, 0.6) is 0 Å². The highest BCUT2D eigenvalue weighted by molar-refractivity contribution is 14.1. The van der Waals surface area contributed by atoms with Crippen molar-refractivity contribution in [1.82, 2.24) is 0 Å². The third-order valence-corrected chi connectivity index (χ3v) is 5.80.